The van der Waals surface area contributed by atoms with Gasteiger partial charge in [-0.25, -0.2) is 0 Å². The molecule has 0 aromatic carbocycles. The molecule has 10 heteroatoms. The molecule has 2 fully saturated rings. The maximum atomic E-state index is 12.4. The van der Waals surface area contributed by atoms with E-state index in [1.54, 1.807) is 0 Å². The molecule has 2 aliphatic heterocycles. The van der Waals surface area contributed by atoms with Crippen molar-refractivity contribution >= 4 is 28.9 Å². The lowest BCUT2D eigenvalue weighted by Crippen LogP contribution is -2.46. The van der Waals surface area contributed by atoms with E-state index >= 15 is 0 Å². The second-order valence-corrected chi connectivity index (χ2v) is 14.9. The predicted molar refractivity (Wildman–Crippen MR) is 110 cm³/mol. The van der Waals surface area contributed by atoms with E-state index in [2.05, 4.69) is 0 Å². The van der Waals surface area contributed by atoms with Gasteiger partial charge in [0.15, 0.2) is 0 Å². The summed E-state index contributed by atoms with van der Waals surface area (Å²) in [7, 11) is -4.02. The van der Waals surface area contributed by atoms with E-state index in [9.17, 15) is 9.59 Å². The smallest absolute Gasteiger partial charge is 0.331 e. The summed E-state index contributed by atoms with van der Waals surface area (Å²) in [5, 5.41) is 0. The molecule has 2 aliphatic rings. The van der Waals surface area contributed by atoms with Gasteiger partial charge in [-0.05, 0) is 39.0 Å². The van der Waals surface area contributed by atoms with E-state index in [1.807, 2.05) is 36.0 Å². The van der Waals surface area contributed by atoms with Crippen molar-refractivity contribution in [2.75, 3.05) is 52.6 Å². The summed E-state index contributed by atoms with van der Waals surface area (Å²) in [6.07, 6.45) is 2.34. The van der Waals surface area contributed by atoms with Crippen molar-refractivity contribution in [2.45, 2.75) is 51.9 Å². The topological polar surface area (TPSA) is 77.5 Å². The predicted octanol–water partition coefficient (Wildman–Crippen LogP) is 1.70. The quantitative estimate of drug-likeness (QED) is 0.486. The van der Waals surface area contributed by atoms with Crippen molar-refractivity contribution in [1.82, 2.24) is 9.80 Å². The number of unbranched alkanes of at least 4 members (excludes halogenated alkanes) is 1. The molecule has 0 aliphatic carbocycles. The highest BCUT2D eigenvalue weighted by Gasteiger charge is 2.29. The molecule has 0 saturated carbocycles. The van der Waals surface area contributed by atoms with Gasteiger partial charge in [-0.1, -0.05) is 0 Å². The number of amides is 2. The Morgan fingerprint density at radius 1 is 0.643 bits per heavy atom. The second-order valence-electron chi connectivity index (χ2n) is 8.16. The minimum Gasteiger partial charge on any atom is -0.393 e. The first-order valence-electron chi connectivity index (χ1n) is 10.3. The van der Waals surface area contributed by atoms with Crippen LogP contribution >= 0.6 is 0 Å². The first-order valence-corrected chi connectivity index (χ1v) is 15.9. The second kappa shape index (κ2) is 10.8. The maximum absolute atomic E-state index is 12.4. The Hall–Kier alpha value is -0.786. The lowest BCUT2D eigenvalue weighted by atomic mass is 10.1. The molecule has 8 nitrogen and oxygen atoms in total. The Balaban J connectivity index is 1.63. The molecule has 2 saturated heterocycles. The molecule has 162 valence electrons. The van der Waals surface area contributed by atoms with Gasteiger partial charge < -0.3 is 27.5 Å². The van der Waals surface area contributed by atoms with Crippen molar-refractivity contribution < 1.29 is 27.3 Å². The van der Waals surface area contributed by atoms with E-state index in [0.29, 0.717) is 78.3 Å². The highest BCUT2D eigenvalue weighted by Crippen LogP contribution is 2.13. The van der Waals surface area contributed by atoms with E-state index < -0.39 is 17.1 Å². The summed E-state index contributed by atoms with van der Waals surface area (Å²) in [5.41, 5.74) is 0. The van der Waals surface area contributed by atoms with E-state index in [1.165, 1.54) is 0 Å². The average Bonchev–Trinajstić information content (AvgIpc) is 2.58. The number of carbonyl (C=O) groups is 2. The van der Waals surface area contributed by atoms with Crippen LogP contribution in [0.1, 0.15) is 25.7 Å². The van der Waals surface area contributed by atoms with Crippen molar-refractivity contribution in [1.29, 1.82) is 0 Å². The van der Waals surface area contributed by atoms with E-state index in [-0.39, 0.29) is 11.8 Å². The van der Waals surface area contributed by atoms with Crippen LogP contribution in [-0.2, 0) is 27.3 Å². The fourth-order valence-electron chi connectivity index (χ4n) is 3.28. The van der Waals surface area contributed by atoms with Crippen LogP contribution in [0, 0.1) is 0 Å². The summed E-state index contributed by atoms with van der Waals surface area (Å²) < 4.78 is 23.0. The van der Waals surface area contributed by atoms with Crippen LogP contribution in [-0.4, -0.2) is 91.3 Å². The monoisotopic (exact) mass is 432 g/mol. The van der Waals surface area contributed by atoms with E-state index in [0.717, 1.165) is 0 Å². The number of nitrogens with zero attached hydrogens (tertiary/aromatic N) is 2. The largest absolute Gasteiger partial charge is 0.393 e. The Bertz CT molecular complexity index is 462. The van der Waals surface area contributed by atoms with Crippen LogP contribution in [0.4, 0.5) is 0 Å². The fourth-order valence-corrected chi connectivity index (χ4v) is 5.78. The van der Waals surface area contributed by atoms with Crippen LogP contribution in [0.25, 0.3) is 0 Å². The standard InChI is InChI=1S/C18H36N2O6Si2/c1-27(2)23-13-9-19(10-14-24-27)17(21)7-5-6-8-18(22)20-11-15-25-28(3,4)26-16-12-20/h5-16H2,1-4H3. The third-order valence-electron chi connectivity index (χ3n) is 4.98. The molecule has 2 amide bonds. The molecule has 0 bridgehead atoms. The minimum absolute atomic E-state index is 0.112. The zero-order chi connectivity index (χ0) is 20.6. The summed E-state index contributed by atoms with van der Waals surface area (Å²) >= 11 is 0. The Morgan fingerprint density at radius 3 is 1.21 bits per heavy atom. The van der Waals surface area contributed by atoms with Crippen LogP contribution in [0.15, 0.2) is 0 Å². The Morgan fingerprint density at radius 2 is 0.929 bits per heavy atom. The average molecular weight is 433 g/mol. The molecule has 2 rings (SSSR count). The Labute approximate surface area is 170 Å². The van der Waals surface area contributed by atoms with Gasteiger partial charge in [-0.15, -0.1) is 0 Å². The van der Waals surface area contributed by atoms with Gasteiger partial charge in [0.05, 0.1) is 26.4 Å². The summed E-state index contributed by atoms with van der Waals surface area (Å²) in [6, 6.07) is 0. The molecule has 0 atom stereocenters. The molecule has 0 aromatic rings. The minimum atomic E-state index is -2.01. The van der Waals surface area contributed by atoms with Crippen LogP contribution in [0.2, 0.25) is 26.2 Å². The highest BCUT2D eigenvalue weighted by atomic mass is 28.4. The van der Waals surface area contributed by atoms with Crippen LogP contribution in [0.3, 0.4) is 0 Å². The van der Waals surface area contributed by atoms with Crippen molar-refractivity contribution in [3.8, 4) is 0 Å². The third-order valence-corrected chi connectivity index (χ3v) is 8.58. The first-order chi connectivity index (χ1) is 13.2. The van der Waals surface area contributed by atoms with Crippen LogP contribution in [0.5, 0.6) is 0 Å². The van der Waals surface area contributed by atoms with Crippen molar-refractivity contribution in [3.05, 3.63) is 0 Å². The molecule has 0 unspecified atom stereocenters. The van der Waals surface area contributed by atoms with Gasteiger partial charge in [-0.3, -0.25) is 9.59 Å². The number of carbonyl (C=O) groups excluding carboxylic acids is 2. The summed E-state index contributed by atoms with van der Waals surface area (Å²) in [6.45, 7) is 12.7. The van der Waals surface area contributed by atoms with Crippen molar-refractivity contribution in [3.63, 3.8) is 0 Å². The molecular formula is C18H36N2O6Si2. The van der Waals surface area contributed by atoms with Gasteiger partial charge in [0.1, 0.15) is 0 Å². The van der Waals surface area contributed by atoms with Crippen LogP contribution < -0.4 is 0 Å². The normalized spacial score (nSPS) is 23.3. The number of rotatable bonds is 5. The van der Waals surface area contributed by atoms with Gasteiger partial charge in [0.25, 0.3) is 0 Å². The first kappa shape index (κ1) is 23.5. The lowest BCUT2D eigenvalue weighted by Gasteiger charge is -2.31. The summed E-state index contributed by atoms with van der Waals surface area (Å²) in [5.74, 6) is 0.225. The highest BCUT2D eigenvalue weighted by molar-refractivity contribution is 6.64. The molecule has 0 aromatic heterocycles. The Kier molecular flexibility index (Phi) is 9.09. The van der Waals surface area contributed by atoms with Gasteiger partial charge >= 0.3 is 17.1 Å². The zero-order valence-corrected chi connectivity index (χ0v) is 19.8. The molecule has 28 heavy (non-hydrogen) atoms. The number of hydrogen-bond donors (Lipinski definition) is 0. The molecular weight excluding hydrogens is 396 g/mol. The third kappa shape index (κ3) is 8.30. The molecule has 0 N–H and O–H groups in total. The SMILES string of the molecule is C[Si]1(C)OCCN(C(=O)CCCCC(=O)N2CCO[Si](C)(C)OCC2)CCO1. The van der Waals surface area contributed by atoms with E-state index in [4.69, 9.17) is 17.7 Å². The fraction of sp³-hybridized carbons (Fsp3) is 0.889. The molecule has 0 radical (unpaired) electrons. The van der Waals surface area contributed by atoms with Crippen molar-refractivity contribution in [2.24, 2.45) is 0 Å². The molecule has 2 heterocycles. The molecule has 0 spiro atoms. The zero-order valence-electron chi connectivity index (χ0n) is 17.8. The van der Waals surface area contributed by atoms with Gasteiger partial charge in [0.2, 0.25) is 11.8 Å². The van der Waals surface area contributed by atoms with Gasteiger partial charge in [-0.2, -0.15) is 0 Å². The maximum Gasteiger partial charge on any atom is 0.331 e. The lowest BCUT2D eigenvalue weighted by molar-refractivity contribution is -0.134. The summed E-state index contributed by atoms with van der Waals surface area (Å²) in [4.78, 5) is 28.5. The number of hydrogen-bond acceptors (Lipinski definition) is 6. The van der Waals surface area contributed by atoms with Gasteiger partial charge in [0, 0.05) is 39.0 Å².